The lowest BCUT2D eigenvalue weighted by Crippen LogP contribution is -2.30. The fourth-order valence-electron chi connectivity index (χ4n) is 11.7. The summed E-state index contributed by atoms with van der Waals surface area (Å²) in [5.41, 5.74) is 0. The molecule has 0 saturated heterocycles. The predicted octanol–water partition coefficient (Wildman–Crippen LogP) is 26.1. The maximum absolute atomic E-state index is 12.9. The van der Waals surface area contributed by atoms with Crippen LogP contribution in [-0.2, 0) is 28.6 Å². The largest absolute Gasteiger partial charge is 0.462 e. The van der Waals surface area contributed by atoms with Crippen LogP contribution < -0.4 is 0 Å². The molecule has 0 amide bonds. The zero-order valence-electron chi connectivity index (χ0n) is 56.5. The predicted molar refractivity (Wildman–Crippen MR) is 363 cm³/mol. The van der Waals surface area contributed by atoms with Crippen molar-refractivity contribution in [2.24, 2.45) is 0 Å². The highest BCUT2D eigenvalue weighted by atomic mass is 16.6. The van der Waals surface area contributed by atoms with Gasteiger partial charge in [0.15, 0.2) is 6.10 Å². The van der Waals surface area contributed by atoms with Gasteiger partial charge in [0.25, 0.3) is 0 Å². The zero-order chi connectivity index (χ0) is 59.9. The van der Waals surface area contributed by atoms with Gasteiger partial charge in [-0.15, -0.1) is 0 Å². The van der Waals surface area contributed by atoms with E-state index in [1.807, 2.05) is 0 Å². The van der Waals surface area contributed by atoms with Crippen molar-refractivity contribution in [1.29, 1.82) is 0 Å². The molecule has 0 spiro atoms. The van der Waals surface area contributed by atoms with Crippen LogP contribution in [0.5, 0.6) is 0 Å². The lowest BCUT2D eigenvalue weighted by molar-refractivity contribution is -0.167. The Balaban J connectivity index is 4.10. The molecule has 0 rings (SSSR count). The molecular weight excluding hydrogens is 1020 g/mol. The van der Waals surface area contributed by atoms with Crippen LogP contribution in [0.2, 0.25) is 0 Å². The average molecular weight is 1170 g/mol. The number of rotatable bonds is 71. The highest BCUT2D eigenvalue weighted by molar-refractivity contribution is 5.71. The molecule has 0 radical (unpaired) electrons. The maximum atomic E-state index is 12.9. The van der Waals surface area contributed by atoms with Gasteiger partial charge in [0.1, 0.15) is 13.2 Å². The van der Waals surface area contributed by atoms with E-state index in [2.05, 4.69) is 45.1 Å². The monoisotopic (exact) mass is 1170 g/mol. The molecule has 1 atom stereocenters. The normalized spacial score (nSPS) is 12.1. The van der Waals surface area contributed by atoms with Gasteiger partial charge in [-0.3, -0.25) is 14.4 Å². The number of unbranched alkanes of at least 4 members (excludes halogenated alkanes) is 56. The number of carbonyl (C=O) groups is 3. The fourth-order valence-corrected chi connectivity index (χ4v) is 11.7. The molecule has 0 aromatic rings. The van der Waals surface area contributed by atoms with Crippen molar-refractivity contribution in [3.63, 3.8) is 0 Å². The Hall–Kier alpha value is -2.11. The molecule has 0 aromatic heterocycles. The van der Waals surface area contributed by atoms with Crippen molar-refractivity contribution in [3.05, 3.63) is 24.3 Å². The summed E-state index contributed by atoms with van der Waals surface area (Å²) in [4.78, 5) is 38.4. The minimum Gasteiger partial charge on any atom is -0.462 e. The van der Waals surface area contributed by atoms with E-state index in [0.29, 0.717) is 19.3 Å². The summed E-state index contributed by atoms with van der Waals surface area (Å²) in [6.07, 6.45) is 89.5. The van der Waals surface area contributed by atoms with Crippen LogP contribution >= 0.6 is 0 Å². The topological polar surface area (TPSA) is 78.9 Å². The highest BCUT2D eigenvalue weighted by Gasteiger charge is 2.20. The summed E-state index contributed by atoms with van der Waals surface area (Å²) >= 11 is 0. The quantitative estimate of drug-likeness (QED) is 0.0261. The molecule has 0 aliphatic carbocycles. The minimum absolute atomic E-state index is 0.0651. The Morgan fingerprint density at radius 2 is 0.398 bits per heavy atom. The molecule has 0 fully saturated rings. The second-order valence-corrected chi connectivity index (χ2v) is 25.9. The summed E-state index contributed by atoms with van der Waals surface area (Å²) in [5, 5.41) is 0. The van der Waals surface area contributed by atoms with Crippen LogP contribution in [-0.4, -0.2) is 37.2 Å². The van der Waals surface area contributed by atoms with Gasteiger partial charge in [0.2, 0.25) is 0 Å². The third-order valence-electron chi connectivity index (χ3n) is 17.4. The number of hydrogen-bond donors (Lipinski definition) is 0. The summed E-state index contributed by atoms with van der Waals surface area (Å²) < 4.78 is 17.0. The minimum atomic E-state index is -0.769. The number of allylic oxidation sites excluding steroid dienone is 4. The van der Waals surface area contributed by atoms with Gasteiger partial charge in [-0.05, 0) is 70.6 Å². The maximum Gasteiger partial charge on any atom is 0.306 e. The number of ether oxygens (including phenoxy) is 3. The SMILES string of the molecule is CCCCCCCC/C=C\CCCCCCCCCCCC(=O)OC(COC(=O)CCCCCCCCCCCCCCC)COC(=O)CCCCCCCCCCCCCCCCCCCCCCC/C=C\CCCCCCCCCC. The first-order valence-electron chi connectivity index (χ1n) is 37.8. The molecule has 0 bridgehead atoms. The molecule has 0 aliphatic heterocycles. The van der Waals surface area contributed by atoms with E-state index >= 15 is 0 Å². The Labute approximate surface area is 519 Å². The molecule has 0 aliphatic rings. The molecular formula is C77H146O6. The molecule has 0 N–H and O–H groups in total. The van der Waals surface area contributed by atoms with E-state index in [-0.39, 0.29) is 31.1 Å². The first-order valence-corrected chi connectivity index (χ1v) is 37.8. The van der Waals surface area contributed by atoms with Gasteiger partial charge in [-0.25, -0.2) is 0 Å². The molecule has 83 heavy (non-hydrogen) atoms. The summed E-state index contributed by atoms with van der Waals surface area (Å²) in [5.74, 6) is -0.833. The average Bonchev–Trinajstić information content (AvgIpc) is 3.49. The Kier molecular flexibility index (Phi) is 70.5. The van der Waals surface area contributed by atoms with Crippen LogP contribution in [0.3, 0.4) is 0 Å². The Morgan fingerprint density at radius 3 is 0.602 bits per heavy atom. The van der Waals surface area contributed by atoms with Crippen LogP contribution in [0, 0.1) is 0 Å². The van der Waals surface area contributed by atoms with Gasteiger partial charge < -0.3 is 14.2 Å². The zero-order valence-corrected chi connectivity index (χ0v) is 56.5. The van der Waals surface area contributed by atoms with Gasteiger partial charge in [-0.2, -0.15) is 0 Å². The Bertz CT molecular complexity index is 1340. The second kappa shape index (κ2) is 72.4. The van der Waals surface area contributed by atoms with Crippen molar-refractivity contribution < 1.29 is 28.6 Å². The fraction of sp³-hybridized carbons (Fsp3) is 0.909. The molecule has 0 heterocycles. The van der Waals surface area contributed by atoms with Gasteiger partial charge >= 0.3 is 17.9 Å². The van der Waals surface area contributed by atoms with E-state index in [1.165, 1.54) is 334 Å². The molecule has 6 nitrogen and oxygen atoms in total. The molecule has 1 unspecified atom stereocenters. The molecule has 0 saturated carbocycles. The van der Waals surface area contributed by atoms with E-state index in [0.717, 1.165) is 57.8 Å². The van der Waals surface area contributed by atoms with Crippen molar-refractivity contribution >= 4 is 17.9 Å². The van der Waals surface area contributed by atoms with E-state index < -0.39 is 6.10 Å². The standard InChI is InChI=1S/C77H146O6/c1-4-7-10-13-16-19-22-25-27-29-31-32-33-34-35-36-37-38-39-40-41-42-43-44-46-47-49-52-55-58-61-64-67-70-76(79)82-73-74(72-81-75(78)69-66-63-60-57-54-51-24-21-18-15-12-9-6-3)83-77(80)71-68-65-62-59-56-53-50-48-45-30-28-26-23-20-17-14-11-8-5-2/h26,28-29,31,74H,4-25,27,30,32-73H2,1-3H3/b28-26-,31-29-. The van der Waals surface area contributed by atoms with Crippen molar-refractivity contribution in [3.8, 4) is 0 Å². The van der Waals surface area contributed by atoms with E-state index in [9.17, 15) is 14.4 Å². The summed E-state index contributed by atoms with van der Waals surface area (Å²) in [6, 6.07) is 0. The van der Waals surface area contributed by atoms with Gasteiger partial charge in [-0.1, -0.05) is 366 Å². The Morgan fingerprint density at radius 1 is 0.229 bits per heavy atom. The highest BCUT2D eigenvalue weighted by Crippen LogP contribution is 2.19. The second-order valence-electron chi connectivity index (χ2n) is 25.9. The van der Waals surface area contributed by atoms with E-state index in [4.69, 9.17) is 14.2 Å². The van der Waals surface area contributed by atoms with Crippen molar-refractivity contribution in [2.75, 3.05) is 13.2 Å². The third-order valence-corrected chi connectivity index (χ3v) is 17.4. The first kappa shape index (κ1) is 80.9. The lowest BCUT2D eigenvalue weighted by Gasteiger charge is -2.18. The molecule has 0 aromatic carbocycles. The van der Waals surface area contributed by atoms with Crippen LogP contribution in [0.25, 0.3) is 0 Å². The lowest BCUT2D eigenvalue weighted by atomic mass is 10.0. The molecule has 490 valence electrons. The number of carbonyl (C=O) groups excluding carboxylic acids is 3. The van der Waals surface area contributed by atoms with Crippen LogP contribution in [0.1, 0.15) is 432 Å². The van der Waals surface area contributed by atoms with E-state index in [1.54, 1.807) is 0 Å². The molecule has 6 heteroatoms. The number of hydrogen-bond acceptors (Lipinski definition) is 6. The smallest absolute Gasteiger partial charge is 0.306 e. The first-order chi connectivity index (χ1) is 41.0. The third kappa shape index (κ3) is 70.5. The van der Waals surface area contributed by atoms with Crippen LogP contribution in [0.4, 0.5) is 0 Å². The van der Waals surface area contributed by atoms with Crippen molar-refractivity contribution in [2.45, 2.75) is 438 Å². The number of esters is 3. The van der Waals surface area contributed by atoms with Gasteiger partial charge in [0, 0.05) is 19.3 Å². The van der Waals surface area contributed by atoms with Crippen molar-refractivity contribution in [1.82, 2.24) is 0 Å². The van der Waals surface area contributed by atoms with Crippen LogP contribution in [0.15, 0.2) is 24.3 Å². The summed E-state index contributed by atoms with van der Waals surface area (Å²) in [6.45, 7) is 6.72. The van der Waals surface area contributed by atoms with Gasteiger partial charge in [0.05, 0.1) is 0 Å². The summed E-state index contributed by atoms with van der Waals surface area (Å²) in [7, 11) is 0.